The molecule has 7 nitrogen and oxygen atoms in total. The second kappa shape index (κ2) is 16.2. The number of hydrogen-bond acceptors (Lipinski definition) is 7. The Labute approximate surface area is 291 Å². The van der Waals surface area contributed by atoms with E-state index < -0.39 is 17.7 Å². The molecule has 0 radical (unpaired) electrons. The van der Waals surface area contributed by atoms with Crippen molar-refractivity contribution in [1.29, 1.82) is 0 Å². The van der Waals surface area contributed by atoms with E-state index in [0.29, 0.717) is 18.1 Å². The molecule has 1 fully saturated rings. The van der Waals surface area contributed by atoms with E-state index in [1.807, 2.05) is 84.0 Å². The Morgan fingerprint density at radius 2 is 1.67 bits per heavy atom. The molecule has 0 aliphatic carbocycles. The fourth-order valence-electron chi connectivity index (χ4n) is 6.18. The second-order valence-corrected chi connectivity index (χ2v) is 14.0. The highest BCUT2D eigenvalue weighted by Gasteiger charge is 2.38. The van der Waals surface area contributed by atoms with E-state index in [1.54, 1.807) is 6.08 Å². The number of piperidine rings is 1. The van der Waals surface area contributed by atoms with Gasteiger partial charge in [-0.2, -0.15) is 0 Å². The quantitative estimate of drug-likeness (QED) is 0.125. The van der Waals surface area contributed by atoms with E-state index >= 15 is 0 Å². The summed E-state index contributed by atoms with van der Waals surface area (Å²) in [5.41, 5.74) is 5.31. The van der Waals surface area contributed by atoms with Gasteiger partial charge >= 0.3 is 5.97 Å². The minimum absolute atomic E-state index is 0.207. The standard InChI is InChI=1S/C40H51ClN2O5/c1-10-13-33(29-14-18-31(41)19-15-29)47-32-20-16-30(17-21-32)34-27(4)42-28(5)35(37(38(44)45-12-3)48-39(6,7)8)36(34)43-24-22-40(9,23-25-43)46-26-11-2/h10-11,14-21,33,37H,1-2,12-13,22-26H2,3-9H3/t33?,37-/m0/s1. The van der Waals surface area contributed by atoms with Crippen molar-refractivity contribution >= 4 is 23.3 Å². The third kappa shape index (κ3) is 9.28. The highest BCUT2D eigenvalue weighted by molar-refractivity contribution is 6.30. The molecule has 0 saturated carbocycles. The second-order valence-electron chi connectivity index (χ2n) is 13.5. The first-order valence-corrected chi connectivity index (χ1v) is 17.2. The van der Waals surface area contributed by atoms with E-state index in [4.69, 9.17) is 35.5 Å². The number of pyridine rings is 1. The lowest BCUT2D eigenvalue weighted by molar-refractivity contribution is -0.166. The Hall–Kier alpha value is -3.65. The minimum atomic E-state index is -0.959. The third-order valence-corrected chi connectivity index (χ3v) is 8.80. The zero-order valence-electron chi connectivity index (χ0n) is 29.6. The summed E-state index contributed by atoms with van der Waals surface area (Å²) in [7, 11) is 0. The Bertz CT molecular complexity index is 1550. The van der Waals surface area contributed by atoms with Gasteiger partial charge in [-0.25, -0.2) is 4.79 Å². The fourth-order valence-corrected chi connectivity index (χ4v) is 6.31. The molecule has 2 atom stereocenters. The minimum Gasteiger partial charge on any atom is -0.485 e. The maximum atomic E-state index is 13.6. The lowest BCUT2D eigenvalue weighted by Gasteiger charge is -2.42. The number of aryl methyl sites for hydroxylation is 2. The average Bonchev–Trinajstić information content (AvgIpc) is 3.03. The number of esters is 1. The van der Waals surface area contributed by atoms with Gasteiger partial charge in [-0.1, -0.05) is 48.0 Å². The summed E-state index contributed by atoms with van der Waals surface area (Å²) in [6, 6.07) is 15.8. The van der Waals surface area contributed by atoms with Gasteiger partial charge in [0.15, 0.2) is 6.10 Å². The van der Waals surface area contributed by atoms with E-state index in [1.165, 1.54) is 0 Å². The van der Waals surface area contributed by atoms with Gasteiger partial charge in [0.1, 0.15) is 11.9 Å². The summed E-state index contributed by atoms with van der Waals surface area (Å²) in [6.45, 7) is 23.7. The number of hydrogen-bond donors (Lipinski definition) is 0. The molecular weight excluding hydrogens is 624 g/mol. The molecule has 3 aromatic rings. The SMILES string of the molecule is C=CCOC1(C)CCN(c2c(-c3ccc(OC(CC=C)c4ccc(Cl)cc4)cc3)c(C)nc(C)c2[C@H](OC(C)(C)C)C(=O)OCC)CC1. The summed E-state index contributed by atoms with van der Waals surface area (Å²) in [6.07, 6.45) is 4.75. The van der Waals surface area contributed by atoms with Crippen LogP contribution >= 0.6 is 11.6 Å². The molecule has 0 spiro atoms. The summed E-state index contributed by atoms with van der Waals surface area (Å²) < 4.78 is 24.7. The molecular formula is C40H51ClN2O5. The first-order chi connectivity index (χ1) is 22.8. The van der Waals surface area contributed by atoms with Crippen LogP contribution in [0.15, 0.2) is 73.8 Å². The monoisotopic (exact) mass is 674 g/mol. The Balaban J connectivity index is 1.82. The zero-order valence-corrected chi connectivity index (χ0v) is 30.4. The first-order valence-electron chi connectivity index (χ1n) is 16.8. The molecule has 0 N–H and O–H groups in total. The van der Waals surface area contributed by atoms with Crippen LogP contribution in [0, 0.1) is 13.8 Å². The number of nitrogens with zero attached hydrogens (tertiary/aromatic N) is 2. The average molecular weight is 675 g/mol. The van der Waals surface area contributed by atoms with Gasteiger partial charge in [0.2, 0.25) is 0 Å². The van der Waals surface area contributed by atoms with Crippen LogP contribution in [-0.2, 0) is 19.0 Å². The molecule has 1 aliphatic rings. The summed E-state index contributed by atoms with van der Waals surface area (Å²) in [5.74, 6) is 0.303. The lowest BCUT2D eigenvalue weighted by atomic mass is 9.89. The van der Waals surface area contributed by atoms with Crippen LogP contribution in [0.25, 0.3) is 11.1 Å². The molecule has 48 heavy (non-hydrogen) atoms. The highest BCUT2D eigenvalue weighted by atomic mass is 35.5. The van der Waals surface area contributed by atoms with Crippen molar-refractivity contribution in [2.45, 2.75) is 91.1 Å². The van der Waals surface area contributed by atoms with Gasteiger partial charge in [0, 0.05) is 47.0 Å². The van der Waals surface area contributed by atoms with Crippen molar-refractivity contribution in [3.63, 3.8) is 0 Å². The van der Waals surface area contributed by atoms with Gasteiger partial charge < -0.3 is 23.8 Å². The van der Waals surface area contributed by atoms with Crippen LogP contribution in [0.2, 0.25) is 5.02 Å². The molecule has 258 valence electrons. The Morgan fingerprint density at radius 1 is 1.02 bits per heavy atom. The molecule has 1 aromatic heterocycles. The molecule has 1 saturated heterocycles. The summed E-state index contributed by atoms with van der Waals surface area (Å²) in [5, 5.41) is 0.679. The van der Waals surface area contributed by atoms with Gasteiger partial charge in [-0.15, -0.1) is 13.2 Å². The van der Waals surface area contributed by atoms with Gasteiger partial charge in [-0.3, -0.25) is 4.98 Å². The van der Waals surface area contributed by atoms with Crippen molar-refractivity contribution < 1.29 is 23.7 Å². The van der Waals surface area contributed by atoms with Crippen molar-refractivity contribution in [3.05, 3.63) is 101 Å². The van der Waals surface area contributed by atoms with E-state index in [0.717, 1.165) is 71.0 Å². The van der Waals surface area contributed by atoms with E-state index in [2.05, 4.69) is 37.1 Å². The summed E-state index contributed by atoms with van der Waals surface area (Å²) in [4.78, 5) is 21.0. The van der Waals surface area contributed by atoms with Crippen molar-refractivity contribution in [2.75, 3.05) is 31.2 Å². The number of ether oxygens (including phenoxy) is 4. The van der Waals surface area contributed by atoms with E-state index in [-0.39, 0.29) is 18.3 Å². The molecule has 0 amide bonds. The van der Waals surface area contributed by atoms with Crippen LogP contribution in [0.5, 0.6) is 5.75 Å². The molecule has 4 rings (SSSR count). The van der Waals surface area contributed by atoms with Crippen molar-refractivity contribution in [2.24, 2.45) is 0 Å². The fraction of sp³-hybridized carbons (Fsp3) is 0.450. The first kappa shape index (κ1) is 37.2. The third-order valence-electron chi connectivity index (χ3n) is 8.54. The molecule has 1 unspecified atom stereocenters. The number of aromatic nitrogens is 1. The summed E-state index contributed by atoms with van der Waals surface area (Å²) >= 11 is 6.14. The Kier molecular flexibility index (Phi) is 12.5. The number of carbonyl (C=O) groups excluding carboxylic acids is 1. The van der Waals surface area contributed by atoms with Gasteiger partial charge in [0.25, 0.3) is 0 Å². The zero-order chi connectivity index (χ0) is 35.1. The Morgan fingerprint density at radius 3 is 2.23 bits per heavy atom. The maximum Gasteiger partial charge on any atom is 0.340 e. The van der Waals surface area contributed by atoms with Crippen LogP contribution in [0.3, 0.4) is 0 Å². The van der Waals surface area contributed by atoms with E-state index in [9.17, 15) is 4.79 Å². The predicted octanol–water partition coefficient (Wildman–Crippen LogP) is 9.70. The molecule has 2 aromatic carbocycles. The topological polar surface area (TPSA) is 70.1 Å². The number of anilines is 1. The van der Waals surface area contributed by atoms with Crippen LogP contribution in [0.1, 0.15) is 88.6 Å². The molecule has 2 heterocycles. The largest absolute Gasteiger partial charge is 0.485 e. The number of benzene rings is 2. The van der Waals surface area contributed by atoms with Crippen molar-refractivity contribution in [1.82, 2.24) is 4.98 Å². The highest BCUT2D eigenvalue weighted by Crippen LogP contribution is 2.45. The van der Waals surface area contributed by atoms with Crippen LogP contribution < -0.4 is 9.64 Å². The van der Waals surface area contributed by atoms with Gasteiger partial charge in [0.05, 0.1) is 30.1 Å². The van der Waals surface area contributed by atoms with Gasteiger partial charge in [-0.05, 0) is 96.7 Å². The molecule has 1 aliphatic heterocycles. The number of rotatable bonds is 14. The lowest BCUT2D eigenvalue weighted by Crippen LogP contribution is -2.45. The molecule has 0 bridgehead atoms. The predicted molar refractivity (Wildman–Crippen MR) is 195 cm³/mol. The number of halogens is 1. The normalized spacial score (nSPS) is 15.8. The van der Waals surface area contributed by atoms with Crippen molar-refractivity contribution in [3.8, 4) is 16.9 Å². The number of carbonyl (C=O) groups is 1. The maximum absolute atomic E-state index is 13.6. The smallest absolute Gasteiger partial charge is 0.340 e. The molecule has 8 heteroatoms. The van der Waals surface area contributed by atoms with Crippen LogP contribution in [0.4, 0.5) is 5.69 Å². The van der Waals surface area contributed by atoms with Crippen LogP contribution in [-0.4, -0.2) is 48.5 Å².